The Bertz CT molecular complexity index is 795. The number of rotatable bonds is 10. The molecule has 0 amide bonds. The molecular formula is C18H23ClN4O3. The Kier molecular flexibility index (Phi) is 7.26. The molecule has 140 valence electrons. The summed E-state index contributed by atoms with van der Waals surface area (Å²) in [6, 6.07) is 4.30. The van der Waals surface area contributed by atoms with Crippen LogP contribution in [0.4, 0.5) is 11.5 Å². The number of anilines is 1. The number of hydrogen-bond donors (Lipinski definition) is 1. The number of carbonyl (C=O) groups is 1. The highest BCUT2D eigenvalue weighted by Gasteiger charge is 2.11. The number of fused-ring (bicyclic) bond motifs is 1. The second kappa shape index (κ2) is 9.43. The van der Waals surface area contributed by atoms with Crippen molar-refractivity contribution in [2.75, 3.05) is 11.9 Å². The maximum absolute atomic E-state index is 11.6. The lowest BCUT2D eigenvalue weighted by Gasteiger charge is -2.08. The Balaban J connectivity index is 1.83. The molecule has 1 N–H and O–H groups in total. The molecule has 2 aromatic rings. The lowest BCUT2D eigenvalue weighted by atomic mass is 10.0. The summed E-state index contributed by atoms with van der Waals surface area (Å²) in [5, 5.41) is 14.1. The van der Waals surface area contributed by atoms with Crippen molar-refractivity contribution in [2.45, 2.75) is 46.0 Å². The van der Waals surface area contributed by atoms with Crippen molar-refractivity contribution in [3.05, 3.63) is 33.5 Å². The average Bonchev–Trinajstić information content (AvgIpc) is 2.56. The Morgan fingerprint density at radius 2 is 2.00 bits per heavy atom. The molecule has 7 nitrogen and oxygen atoms in total. The van der Waals surface area contributed by atoms with Crippen molar-refractivity contribution in [3.63, 3.8) is 0 Å². The van der Waals surface area contributed by atoms with Crippen molar-refractivity contribution in [1.29, 1.82) is 0 Å². The normalized spacial score (nSPS) is 11.1. The van der Waals surface area contributed by atoms with E-state index in [1.54, 1.807) is 6.07 Å². The van der Waals surface area contributed by atoms with Crippen molar-refractivity contribution in [1.82, 2.24) is 9.97 Å². The quantitative estimate of drug-likeness (QED) is 0.363. The number of nitrogens with zero attached hydrogens (tertiary/aromatic N) is 3. The van der Waals surface area contributed by atoms with E-state index in [0.717, 1.165) is 19.3 Å². The fourth-order valence-corrected chi connectivity index (χ4v) is 2.84. The minimum Gasteiger partial charge on any atom is -0.367 e. The number of hydrogen-bond acceptors (Lipinski definition) is 6. The topological polar surface area (TPSA) is 98.0 Å². The Morgan fingerprint density at radius 3 is 2.69 bits per heavy atom. The van der Waals surface area contributed by atoms with Gasteiger partial charge in [0.1, 0.15) is 5.78 Å². The summed E-state index contributed by atoms with van der Waals surface area (Å²) in [7, 11) is 0. The summed E-state index contributed by atoms with van der Waals surface area (Å²) in [6.45, 7) is 4.77. The van der Waals surface area contributed by atoms with Crippen LogP contribution in [-0.2, 0) is 4.79 Å². The molecule has 0 aliphatic rings. The van der Waals surface area contributed by atoms with Gasteiger partial charge >= 0.3 is 0 Å². The van der Waals surface area contributed by atoms with E-state index >= 15 is 0 Å². The zero-order valence-corrected chi connectivity index (χ0v) is 15.8. The summed E-state index contributed by atoms with van der Waals surface area (Å²) in [4.78, 5) is 30.5. The molecule has 0 aliphatic heterocycles. The van der Waals surface area contributed by atoms with Gasteiger partial charge in [-0.15, -0.1) is 0 Å². The van der Waals surface area contributed by atoms with Crippen molar-refractivity contribution in [3.8, 4) is 0 Å². The number of non-ortho nitro benzene ring substituents is 1. The molecule has 1 aromatic heterocycles. The summed E-state index contributed by atoms with van der Waals surface area (Å²) >= 11 is 6.11. The molecule has 0 aliphatic carbocycles. The number of ketones is 1. The van der Waals surface area contributed by atoms with Crippen LogP contribution < -0.4 is 5.32 Å². The molecule has 0 atom stereocenters. The minimum absolute atomic E-state index is 0.0458. The first-order valence-electron chi connectivity index (χ1n) is 8.74. The number of carbonyl (C=O) groups excluding carboxylic acids is 1. The Labute approximate surface area is 157 Å². The highest BCUT2D eigenvalue weighted by molar-refractivity contribution is 6.32. The van der Waals surface area contributed by atoms with Gasteiger partial charge in [-0.2, -0.15) is 0 Å². The van der Waals surface area contributed by atoms with Gasteiger partial charge in [0.25, 0.3) is 5.69 Å². The van der Waals surface area contributed by atoms with Crippen molar-refractivity contribution >= 4 is 39.9 Å². The van der Waals surface area contributed by atoms with Crippen LogP contribution in [0.2, 0.25) is 5.15 Å². The predicted octanol–water partition coefficient (Wildman–Crippen LogP) is 4.78. The summed E-state index contributed by atoms with van der Waals surface area (Å²) in [5.41, 5.74) is 0.885. The van der Waals surface area contributed by atoms with Crippen LogP contribution in [0.5, 0.6) is 0 Å². The number of halogens is 1. The number of unbranched alkanes of at least 4 members (excludes halogenated alkanes) is 2. The van der Waals surface area contributed by atoms with Crippen LogP contribution >= 0.6 is 11.6 Å². The molecule has 8 heteroatoms. The molecule has 26 heavy (non-hydrogen) atoms. The van der Waals surface area contributed by atoms with E-state index in [9.17, 15) is 14.9 Å². The van der Waals surface area contributed by atoms with Crippen molar-refractivity contribution < 1.29 is 9.72 Å². The molecule has 0 bridgehead atoms. The second-order valence-corrected chi connectivity index (χ2v) is 7.03. The zero-order chi connectivity index (χ0) is 19.1. The smallest absolute Gasteiger partial charge is 0.271 e. The molecule has 2 rings (SSSR count). The summed E-state index contributed by atoms with van der Waals surface area (Å²) in [5.74, 6) is 1.20. The third kappa shape index (κ3) is 5.91. The SMILES string of the molecule is CC(C)CC(=O)CCCCCNc1nc2ccc([N+](=O)[O-])cc2nc1Cl. The van der Waals surface area contributed by atoms with E-state index < -0.39 is 4.92 Å². The number of aromatic nitrogens is 2. The van der Waals surface area contributed by atoms with Gasteiger partial charge in [0.05, 0.1) is 16.0 Å². The fourth-order valence-electron chi connectivity index (χ4n) is 2.64. The highest BCUT2D eigenvalue weighted by Crippen LogP contribution is 2.24. The van der Waals surface area contributed by atoms with Gasteiger partial charge in [0, 0.05) is 31.5 Å². The van der Waals surface area contributed by atoms with Crippen LogP contribution in [0.25, 0.3) is 11.0 Å². The maximum Gasteiger partial charge on any atom is 0.271 e. The molecule has 0 radical (unpaired) electrons. The van der Waals surface area contributed by atoms with Gasteiger partial charge in [0.15, 0.2) is 11.0 Å². The largest absolute Gasteiger partial charge is 0.367 e. The highest BCUT2D eigenvalue weighted by atomic mass is 35.5. The monoisotopic (exact) mass is 378 g/mol. The minimum atomic E-state index is -0.479. The lowest BCUT2D eigenvalue weighted by Crippen LogP contribution is -2.06. The van der Waals surface area contributed by atoms with Gasteiger partial charge in [-0.1, -0.05) is 31.9 Å². The van der Waals surface area contributed by atoms with E-state index in [2.05, 4.69) is 15.3 Å². The first-order chi connectivity index (χ1) is 12.4. The van der Waals surface area contributed by atoms with Crippen LogP contribution in [0.3, 0.4) is 0 Å². The van der Waals surface area contributed by atoms with Crippen LogP contribution in [-0.4, -0.2) is 27.2 Å². The van der Waals surface area contributed by atoms with Crippen LogP contribution in [0.1, 0.15) is 46.0 Å². The summed E-state index contributed by atoms with van der Waals surface area (Å²) in [6.07, 6.45) is 4.01. The molecule has 0 spiro atoms. The number of nitro groups is 1. The van der Waals surface area contributed by atoms with E-state index in [0.29, 0.717) is 47.9 Å². The number of Topliss-reactive ketones (excluding diaryl/α,β-unsaturated/α-hetero) is 1. The second-order valence-electron chi connectivity index (χ2n) is 6.67. The van der Waals surface area contributed by atoms with E-state index in [4.69, 9.17) is 11.6 Å². The lowest BCUT2D eigenvalue weighted by molar-refractivity contribution is -0.384. The van der Waals surface area contributed by atoms with Gasteiger partial charge in [-0.3, -0.25) is 14.9 Å². The molecule has 0 saturated carbocycles. The van der Waals surface area contributed by atoms with Gasteiger partial charge in [-0.05, 0) is 24.8 Å². The molecule has 0 saturated heterocycles. The standard InChI is InChI=1S/C18H23ClN4O3/c1-12(2)10-14(24)6-4-3-5-9-20-18-17(19)21-16-11-13(23(25)26)7-8-15(16)22-18/h7-8,11-12H,3-6,9-10H2,1-2H3,(H,20,22). The number of benzene rings is 1. The Morgan fingerprint density at radius 1 is 1.23 bits per heavy atom. The predicted molar refractivity (Wildman–Crippen MR) is 103 cm³/mol. The average molecular weight is 379 g/mol. The number of nitrogens with one attached hydrogen (secondary N) is 1. The maximum atomic E-state index is 11.6. The van der Waals surface area contributed by atoms with Crippen molar-refractivity contribution in [2.24, 2.45) is 5.92 Å². The van der Waals surface area contributed by atoms with E-state index in [1.165, 1.54) is 12.1 Å². The van der Waals surface area contributed by atoms with Crippen LogP contribution in [0, 0.1) is 16.0 Å². The molecule has 0 unspecified atom stereocenters. The first kappa shape index (κ1) is 20.0. The van der Waals surface area contributed by atoms with Crippen LogP contribution in [0.15, 0.2) is 18.2 Å². The number of nitro benzene ring substituents is 1. The van der Waals surface area contributed by atoms with E-state index in [1.807, 2.05) is 13.8 Å². The van der Waals surface area contributed by atoms with Gasteiger partial charge in [0.2, 0.25) is 0 Å². The fraction of sp³-hybridized carbons (Fsp3) is 0.500. The Hall–Kier alpha value is -2.28. The van der Waals surface area contributed by atoms with Gasteiger partial charge < -0.3 is 5.32 Å². The third-order valence-electron chi connectivity index (χ3n) is 3.88. The van der Waals surface area contributed by atoms with Gasteiger partial charge in [-0.25, -0.2) is 9.97 Å². The summed E-state index contributed by atoms with van der Waals surface area (Å²) < 4.78 is 0. The molecule has 1 heterocycles. The third-order valence-corrected chi connectivity index (χ3v) is 4.14. The first-order valence-corrected chi connectivity index (χ1v) is 9.12. The molecule has 0 fully saturated rings. The molecular weight excluding hydrogens is 356 g/mol. The zero-order valence-electron chi connectivity index (χ0n) is 15.0. The van der Waals surface area contributed by atoms with E-state index in [-0.39, 0.29) is 10.8 Å². The molecule has 1 aromatic carbocycles.